The predicted molar refractivity (Wildman–Crippen MR) is 83.3 cm³/mol. The molecule has 4 nitrogen and oxygen atoms in total. The molecule has 0 amide bonds. The lowest BCUT2D eigenvalue weighted by molar-refractivity contribution is -0.131. The van der Waals surface area contributed by atoms with Gasteiger partial charge in [0, 0.05) is 16.7 Å². The average molecular weight is 317 g/mol. The van der Waals surface area contributed by atoms with Crippen molar-refractivity contribution in [3.8, 4) is 5.75 Å². The Bertz CT molecular complexity index is 722. The zero-order valence-electron chi connectivity index (χ0n) is 11.5. The summed E-state index contributed by atoms with van der Waals surface area (Å²) in [6.45, 7) is 0.215. The summed E-state index contributed by atoms with van der Waals surface area (Å²) >= 11 is 6.05. The van der Waals surface area contributed by atoms with Gasteiger partial charge in [-0.2, -0.15) is 0 Å². The normalized spacial score (nSPS) is 10.6. The lowest BCUT2D eigenvalue weighted by atomic mass is 10.1. The Kier molecular flexibility index (Phi) is 5.33. The third-order valence-electron chi connectivity index (χ3n) is 2.87. The van der Waals surface area contributed by atoms with Crippen molar-refractivity contribution >= 4 is 23.4 Å². The van der Waals surface area contributed by atoms with Crippen LogP contribution in [0.2, 0.25) is 5.02 Å². The van der Waals surface area contributed by atoms with Gasteiger partial charge in [0.1, 0.15) is 12.4 Å². The number of halogens is 1. The molecule has 0 aliphatic heterocycles. The number of ether oxygens (including phenoxy) is 1. The molecular formula is C17H13ClO4. The molecule has 0 radical (unpaired) electrons. The van der Waals surface area contributed by atoms with Gasteiger partial charge in [0.05, 0.1) is 5.56 Å². The Labute approximate surface area is 132 Å². The van der Waals surface area contributed by atoms with E-state index in [0.717, 1.165) is 17.7 Å². The van der Waals surface area contributed by atoms with Gasteiger partial charge >= 0.3 is 5.97 Å². The number of para-hydroxylation sites is 1. The number of carbonyl (C=O) groups excluding carboxylic acids is 1. The van der Waals surface area contributed by atoms with Gasteiger partial charge in [-0.3, -0.25) is 4.79 Å². The molecule has 0 heterocycles. The van der Waals surface area contributed by atoms with Crippen LogP contribution in [0.4, 0.5) is 0 Å². The fraction of sp³-hybridized carbons (Fsp3) is 0.0588. The molecule has 2 aromatic rings. The zero-order chi connectivity index (χ0) is 15.9. The van der Waals surface area contributed by atoms with Crippen LogP contribution in [-0.2, 0) is 11.4 Å². The summed E-state index contributed by atoms with van der Waals surface area (Å²) in [5.41, 5.74) is 1.10. The van der Waals surface area contributed by atoms with Crippen LogP contribution in [0.25, 0.3) is 0 Å². The van der Waals surface area contributed by atoms with Crippen molar-refractivity contribution in [1.82, 2.24) is 0 Å². The number of carbonyl (C=O) groups is 2. The van der Waals surface area contributed by atoms with E-state index in [1.165, 1.54) is 0 Å². The van der Waals surface area contributed by atoms with Gasteiger partial charge in [0.25, 0.3) is 0 Å². The van der Waals surface area contributed by atoms with Gasteiger partial charge in [-0.25, -0.2) is 4.79 Å². The second-order valence-corrected chi connectivity index (χ2v) is 4.82. The largest absolute Gasteiger partial charge is 0.488 e. The van der Waals surface area contributed by atoms with Gasteiger partial charge < -0.3 is 9.84 Å². The summed E-state index contributed by atoms with van der Waals surface area (Å²) in [6, 6.07) is 13.9. The van der Waals surface area contributed by atoms with Crippen molar-refractivity contribution in [2.24, 2.45) is 0 Å². The molecule has 0 saturated heterocycles. The maximum absolute atomic E-state index is 12.0. The number of benzene rings is 2. The van der Waals surface area contributed by atoms with Gasteiger partial charge in [-0.05, 0) is 24.3 Å². The Balaban J connectivity index is 2.17. The zero-order valence-corrected chi connectivity index (χ0v) is 12.3. The molecule has 0 aliphatic carbocycles. The highest BCUT2D eigenvalue weighted by atomic mass is 35.5. The summed E-state index contributed by atoms with van der Waals surface area (Å²) < 4.78 is 5.65. The summed E-state index contributed by atoms with van der Waals surface area (Å²) in [4.78, 5) is 22.5. The maximum atomic E-state index is 12.0. The molecule has 0 bridgehead atoms. The van der Waals surface area contributed by atoms with E-state index in [9.17, 15) is 9.59 Å². The Morgan fingerprint density at radius 1 is 1.05 bits per heavy atom. The fourth-order valence-electron chi connectivity index (χ4n) is 1.80. The number of carboxylic acid groups (broad SMARTS) is 1. The van der Waals surface area contributed by atoms with Crippen LogP contribution in [-0.4, -0.2) is 16.9 Å². The highest BCUT2D eigenvalue weighted by Gasteiger charge is 2.10. The second kappa shape index (κ2) is 7.43. The first kappa shape index (κ1) is 15.8. The minimum atomic E-state index is -1.18. The Hall–Kier alpha value is -2.59. The van der Waals surface area contributed by atoms with Crippen LogP contribution in [0.5, 0.6) is 5.75 Å². The number of aliphatic carboxylic acids is 1. The highest BCUT2D eigenvalue weighted by molar-refractivity contribution is 6.31. The number of allylic oxidation sites excluding steroid dienone is 1. The van der Waals surface area contributed by atoms with Crippen molar-refractivity contribution < 1.29 is 19.4 Å². The van der Waals surface area contributed by atoms with Crippen molar-refractivity contribution in [2.75, 3.05) is 0 Å². The Morgan fingerprint density at radius 3 is 2.45 bits per heavy atom. The van der Waals surface area contributed by atoms with Crippen LogP contribution >= 0.6 is 11.6 Å². The molecule has 0 aliphatic rings. The molecule has 22 heavy (non-hydrogen) atoms. The predicted octanol–water partition coefficient (Wildman–Crippen LogP) is 3.74. The first-order valence-corrected chi connectivity index (χ1v) is 6.86. The summed E-state index contributed by atoms with van der Waals surface area (Å²) in [5, 5.41) is 9.16. The van der Waals surface area contributed by atoms with Crippen LogP contribution in [0, 0.1) is 0 Å². The maximum Gasteiger partial charge on any atom is 0.328 e. The third-order valence-corrected chi connectivity index (χ3v) is 3.24. The number of rotatable bonds is 6. The van der Waals surface area contributed by atoms with E-state index in [-0.39, 0.29) is 6.61 Å². The van der Waals surface area contributed by atoms with Crippen molar-refractivity contribution in [3.63, 3.8) is 0 Å². The number of ketones is 1. The molecule has 0 atom stereocenters. The molecule has 1 N–H and O–H groups in total. The van der Waals surface area contributed by atoms with Gasteiger partial charge in [-0.1, -0.05) is 41.9 Å². The standard InChI is InChI=1S/C17H13ClO4/c18-14-7-3-1-5-12(14)11-22-16-8-4-2-6-13(16)15(19)9-10-17(20)21/h1-10H,11H2,(H,20,21)/b10-9+. The lowest BCUT2D eigenvalue weighted by Crippen LogP contribution is -2.03. The van der Waals surface area contributed by atoms with Crippen LogP contribution in [0.15, 0.2) is 60.7 Å². The second-order valence-electron chi connectivity index (χ2n) is 4.41. The summed E-state index contributed by atoms with van der Waals surface area (Å²) in [6.07, 6.45) is 1.80. The highest BCUT2D eigenvalue weighted by Crippen LogP contribution is 2.22. The van der Waals surface area contributed by atoms with Crippen molar-refractivity contribution in [1.29, 1.82) is 0 Å². The van der Waals surface area contributed by atoms with Crippen molar-refractivity contribution in [3.05, 3.63) is 76.8 Å². The minimum Gasteiger partial charge on any atom is -0.488 e. The monoisotopic (exact) mass is 316 g/mol. The molecule has 0 unspecified atom stereocenters. The summed E-state index contributed by atoms with van der Waals surface area (Å²) in [5.74, 6) is -1.23. The molecule has 5 heteroatoms. The molecule has 0 spiro atoms. The van der Waals surface area contributed by atoms with E-state index < -0.39 is 11.8 Å². The van der Waals surface area contributed by atoms with Crippen molar-refractivity contribution in [2.45, 2.75) is 6.61 Å². The Morgan fingerprint density at radius 2 is 1.73 bits per heavy atom. The average Bonchev–Trinajstić information content (AvgIpc) is 2.52. The minimum absolute atomic E-state index is 0.215. The molecule has 0 fully saturated rings. The quantitative estimate of drug-likeness (QED) is 0.651. The number of carboxylic acids is 1. The van der Waals surface area contributed by atoms with E-state index in [0.29, 0.717) is 16.3 Å². The van der Waals surface area contributed by atoms with Crippen LogP contribution in [0.1, 0.15) is 15.9 Å². The number of hydrogen-bond acceptors (Lipinski definition) is 3. The SMILES string of the molecule is O=C(O)/C=C/C(=O)c1ccccc1OCc1ccccc1Cl. The topological polar surface area (TPSA) is 63.6 Å². The molecule has 2 aromatic carbocycles. The van der Waals surface area contributed by atoms with E-state index in [1.807, 2.05) is 18.2 Å². The first-order valence-electron chi connectivity index (χ1n) is 6.48. The molecule has 2 rings (SSSR count). The van der Waals surface area contributed by atoms with E-state index in [2.05, 4.69) is 0 Å². The van der Waals surface area contributed by atoms with E-state index in [1.54, 1.807) is 30.3 Å². The van der Waals surface area contributed by atoms with Gasteiger partial charge in [0.15, 0.2) is 5.78 Å². The molecule has 0 saturated carbocycles. The van der Waals surface area contributed by atoms with Crippen LogP contribution in [0.3, 0.4) is 0 Å². The first-order chi connectivity index (χ1) is 10.6. The van der Waals surface area contributed by atoms with Crippen LogP contribution < -0.4 is 4.74 Å². The van der Waals surface area contributed by atoms with Gasteiger partial charge in [-0.15, -0.1) is 0 Å². The van der Waals surface area contributed by atoms with E-state index >= 15 is 0 Å². The third kappa shape index (κ3) is 4.20. The molecular weight excluding hydrogens is 304 g/mol. The van der Waals surface area contributed by atoms with E-state index in [4.69, 9.17) is 21.4 Å². The fourth-order valence-corrected chi connectivity index (χ4v) is 1.99. The smallest absolute Gasteiger partial charge is 0.328 e. The molecule has 112 valence electrons. The summed E-state index contributed by atoms with van der Waals surface area (Å²) in [7, 11) is 0. The van der Waals surface area contributed by atoms with Gasteiger partial charge in [0.2, 0.25) is 0 Å². The lowest BCUT2D eigenvalue weighted by Gasteiger charge is -2.10. The number of hydrogen-bond donors (Lipinski definition) is 1. The molecule has 0 aromatic heterocycles.